The lowest BCUT2D eigenvalue weighted by atomic mass is 10.2. The predicted molar refractivity (Wildman–Crippen MR) is 111 cm³/mol. The highest BCUT2D eigenvalue weighted by Crippen LogP contribution is 2.28. The summed E-state index contributed by atoms with van der Waals surface area (Å²) in [7, 11) is 1.57. The van der Waals surface area contributed by atoms with E-state index in [0.717, 1.165) is 16.6 Å². The van der Waals surface area contributed by atoms with Crippen LogP contribution >= 0.6 is 0 Å². The molecule has 7 nitrogen and oxygen atoms in total. The van der Waals surface area contributed by atoms with Crippen LogP contribution in [0.4, 0.5) is 0 Å². The summed E-state index contributed by atoms with van der Waals surface area (Å²) >= 11 is 0. The molecule has 0 aliphatic carbocycles. The number of para-hydroxylation sites is 2. The lowest BCUT2D eigenvalue weighted by Crippen LogP contribution is -2.18. The normalized spacial score (nSPS) is 11.1. The molecule has 0 amide bonds. The number of hydrogen-bond donors (Lipinski definition) is 1. The largest absolute Gasteiger partial charge is 0.493 e. The molecule has 0 aliphatic rings. The number of methoxy groups -OCH3 is 1. The number of benzene rings is 2. The minimum atomic E-state index is -0.441. The fourth-order valence-corrected chi connectivity index (χ4v) is 3.00. The summed E-state index contributed by atoms with van der Waals surface area (Å²) in [6.07, 6.45) is 3.57. The Balaban J connectivity index is 1.51. The third kappa shape index (κ3) is 5.07. The Labute approximate surface area is 168 Å². The Morgan fingerprint density at radius 3 is 2.79 bits per heavy atom. The van der Waals surface area contributed by atoms with E-state index in [1.165, 1.54) is 6.08 Å². The van der Waals surface area contributed by atoms with Gasteiger partial charge in [-0.25, -0.2) is 9.59 Å². The zero-order valence-corrected chi connectivity index (χ0v) is 16.5. The molecule has 0 fully saturated rings. The number of imidazole rings is 1. The maximum Gasteiger partial charge on any atom is 0.330 e. The van der Waals surface area contributed by atoms with Crippen LogP contribution < -0.4 is 15.2 Å². The van der Waals surface area contributed by atoms with Gasteiger partial charge in [0.1, 0.15) is 0 Å². The van der Waals surface area contributed by atoms with E-state index in [2.05, 4.69) is 4.98 Å². The second-order valence-electron chi connectivity index (χ2n) is 6.30. The highest BCUT2D eigenvalue weighted by molar-refractivity contribution is 5.87. The van der Waals surface area contributed by atoms with Gasteiger partial charge < -0.3 is 19.2 Å². The zero-order valence-electron chi connectivity index (χ0n) is 16.5. The van der Waals surface area contributed by atoms with E-state index in [0.29, 0.717) is 31.1 Å². The number of aryl methyl sites for hydroxylation is 1. The van der Waals surface area contributed by atoms with Crippen LogP contribution in [0.15, 0.2) is 53.3 Å². The minimum absolute atomic E-state index is 0.165. The monoisotopic (exact) mass is 396 g/mol. The van der Waals surface area contributed by atoms with Crippen LogP contribution in [0.25, 0.3) is 17.1 Å². The molecule has 3 aromatic rings. The van der Waals surface area contributed by atoms with E-state index in [9.17, 15) is 9.59 Å². The number of nitrogens with one attached hydrogen (secondary N) is 1. The summed E-state index contributed by atoms with van der Waals surface area (Å²) in [4.78, 5) is 26.8. The number of aromatic amines is 1. The zero-order chi connectivity index (χ0) is 20.6. The number of carbonyl (C=O) groups is 1. The molecule has 0 spiro atoms. The van der Waals surface area contributed by atoms with Crippen LogP contribution in [0.1, 0.15) is 18.9 Å². The summed E-state index contributed by atoms with van der Waals surface area (Å²) in [5.74, 6) is 0.818. The van der Waals surface area contributed by atoms with Crippen molar-refractivity contribution in [3.05, 3.63) is 64.6 Å². The van der Waals surface area contributed by atoms with Gasteiger partial charge in [-0.3, -0.25) is 4.57 Å². The third-order valence-corrected chi connectivity index (χ3v) is 4.35. The van der Waals surface area contributed by atoms with E-state index < -0.39 is 5.97 Å². The first kappa shape index (κ1) is 20.3. The van der Waals surface area contributed by atoms with Gasteiger partial charge in [0.2, 0.25) is 0 Å². The van der Waals surface area contributed by atoms with Crippen molar-refractivity contribution in [3.8, 4) is 11.5 Å². The molecule has 1 heterocycles. The van der Waals surface area contributed by atoms with Gasteiger partial charge in [-0.15, -0.1) is 0 Å². The van der Waals surface area contributed by atoms with Crippen molar-refractivity contribution in [1.29, 1.82) is 0 Å². The molecule has 1 N–H and O–H groups in total. The molecule has 0 saturated carbocycles. The van der Waals surface area contributed by atoms with Crippen molar-refractivity contribution < 1.29 is 19.0 Å². The van der Waals surface area contributed by atoms with Crippen molar-refractivity contribution >= 4 is 23.1 Å². The summed E-state index contributed by atoms with van der Waals surface area (Å²) < 4.78 is 17.6. The molecule has 29 heavy (non-hydrogen) atoms. The molecule has 0 bridgehead atoms. The highest BCUT2D eigenvalue weighted by atomic mass is 16.5. The van der Waals surface area contributed by atoms with Crippen molar-refractivity contribution in [2.45, 2.75) is 19.9 Å². The SMILES string of the molecule is CCOc1ccc(C=CC(=O)OCCCn2c(=O)[nH]c3ccccc32)cc1OC. The second-order valence-corrected chi connectivity index (χ2v) is 6.30. The molecular formula is C22H24N2O5. The lowest BCUT2D eigenvalue weighted by Gasteiger charge is -2.09. The Morgan fingerprint density at radius 1 is 1.17 bits per heavy atom. The molecule has 152 valence electrons. The summed E-state index contributed by atoms with van der Waals surface area (Å²) in [6.45, 7) is 3.14. The van der Waals surface area contributed by atoms with Gasteiger partial charge in [-0.05, 0) is 49.2 Å². The van der Waals surface area contributed by atoms with E-state index in [1.807, 2.05) is 37.3 Å². The second kappa shape index (κ2) is 9.64. The number of ether oxygens (including phenoxy) is 3. The van der Waals surface area contributed by atoms with Crippen LogP contribution in [-0.2, 0) is 16.1 Å². The van der Waals surface area contributed by atoms with Crippen LogP contribution in [0.5, 0.6) is 11.5 Å². The first-order valence-corrected chi connectivity index (χ1v) is 9.45. The molecule has 0 unspecified atom stereocenters. The molecule has 0 atom stereocenters. The fourth-order valence-electron chi connectivity index (χ4n) is 3.00. The maximum absolute atomic E-state index is 12.0. The summed E-state index contributed by atoms with van der Waals surface area (Å²) in [6, 6.07) is 12.9. The molecular weight excluding hydrogens is 372 g/mol. The smallest absolute Gasteiger partial charge is 0.330 e. The van der Waals surface area contributed by atoms with E-state index >= 15 is 0 Å². The molecule has 2 aromatic carbocycles. The molecule has 0 radical (unpaired) electrons. The number of fused-ring (bicyclic) bond motifs is 1. The van der Waals surface area contributed by atoms with Crippen LogP contribution in [0, 0.1) is 0 Å². The number of nitrogens with zero attached hydrogens (tertiary/aromatic N) is 1. The van der Waals surface area contributed by atoms with Gasteiger partial charge in [0.25, 0.3) is 0 Å². The van der Waals surface area contributed by atoms with Crippen LogP contribution in [0.3, 0.4) is 0 Å². The van der Waals surface area contributed by atoms with E-state index in [-0.39, 0.29) is 12.3 Å². The van der Waals surface area contributed by atoms with Crippen molar-refractivity contribution in [2.75, 3.05) is 20.3 Å². The van der Waals surface area contributed by atoms with Crippen LogP contribution in [-0.4, -0.2) is 35.8 Å². The summed E-state index contributed by atoms with van der Waals surface area (Å²) in [5, 5.41) is 0. The van der Waals surface area contributed by atoms with E-state index in [4.69, 9.17) is 14.2 Å². The number of carbonyl (C=O) groups excluding carboxylic acids is 1. The Bertz CT molecular complexity index is 1060. The number of hydrogen-bond acceptors (Lipinski definition) is 5. The molecule has 0 saturated heterocycles. The number of H-pyrrole nitrogens is 1. The number of rotatable bonds is 9. The fraction of sp³-hybridized carbons (Fsp3) is 0.273. The van der Waals surface area contributed by atoms with Gasteiger partial charge in [0, 0.05) is 12.6 Å². The average Bonchev–Trinajstić information content (AvgIpc) is 3.05. The standard InChI is InChI=1S/C22H24N2O5/c1-3-28-19-11-9-16(15-20(19)27-2)10-12-21(25)29-14-6-13-24-18-8-5-4-7-17(18)23-22(24)26/h4-5,7-12,15H,3,6,13-14H2,1-2H3,(H,23,26). The Morgan fingerprint density at radius 2 is 2.00 bits per heavy atom. The van der Waals surface area contributed by atoms with Crippen LogP contribution in [0.2, 0.25) is 0 Å². The van der Waals surface area contributed by atoms with Gasteiger partial charge >= 0.3 is 11.7 Å². The van der Waals surface area contributed by atoms with Crippen molar-refractivity contribution in [3.63, 3.8) is 0 Å². The van der Waals surface area contributed by atoms with E-state index in [1.54, 1.807) is 29.9 Å². The molecule has 0 aliphatic heterocycles. The highest BCUT2D eigenvalue weighted by Gasteiger charge is 2.07. The number of esters is 1. The summed E-state index contributed by atoms with van der Waals surface area (Å²) in [5.41, 5.74) is 2.27. The minimum Gasteiger partial charge on any atom is -0.493 e. The molecule has 3 rings (SSSR count). The topological polar surface area (TPSA) is 82.5 Å². The molecule has 7 heteroatoms. The average molecular weight is 396 g/mol. The predicted octanol–water partition coefficient (Wildman–Crippen LogP) is 3.38. The van der Waals surface area contributed by atoms with Gasteiger partial charge in [0.15, 0.2) is 11.5 Å². The van der Waals surface area contributed by atoms with Gasteiger partial charge in [0.05, 0.1) is 31.4 Å². The van der Waals surface area contributed by atoms with Gasteiger partial charge in [-0.2, -0.15) is 0 Å². The van der Waals surface area contributed by atoms with Crippen molar-refractivity contribution in [2.24, 2.45) is 0 Å². The number of aromatic nitrogens is 2. The first-order chi connectivity index (χ1) is 14.1. The molecule has 1 aromatic heterocycles. The van der Waals surface area contributed by atoms with Crippen molar-refractivity contribution in [1.82, 2.24) is 9.55 Å². The first-order valence-electron chi connectivity index (χ1n) is 9.45. The van der Waals surface area contributed by atoms with Gasteiger partial charge in [-0.1, -0.05) is 18.2 Å². The lowest BCUT2D eigenvalue weighted by molar-refractivity contribution is -0.137. The maximum atomic E-state index is 12.0. The Kier molecular flexibility index (Phi) is 6.73. The third-order valence-electron chi connectivity index (χ3n) is 4.35. The Hall–Kier alpha value is -3.48. The quantitative estimate of drug-likeness (QED) is 0.341.